The lowest BCUT2D eigenvalue weighted by molar-refractivity contribution is 0.173. The van der Waals surface area contributed by atoms with Crippen molar-refractivity contribution in [2.24, 2.45) is 5.73 Å². The number of hydrogen-bond acceptors (Lipinski definition) is 3. The zero-order valence-electron chi connectivity index (χ0n) is 12.1. The van der Waals surface area contributed by atoms with Gasteiger partial charge in [0.15, 0.2) is 0 Å². The zero-order chi connectivity index (χ0) is 13.5. The molecule has 1 aromatic rings. The highest BCUT2D eigenvalue weighted by Gasteiger charge is 2.25. The van der Waals surface area contributed by atoms with Gasteiger partial charge in [0.05, 0.1) is 0 Å². The van der Waals surface area contributed by atoms with Gasteiger partial charge in [0.25, 0.3) is 0 Å². The summed E-state index contributed by atoms with van der Waals surface area (Å²) >= 11 is 0. The summed E-state index contributed by atoms with van der Waals surface area (Å²) in [6.07, 6.45) is 2.66. The van der Waals surface area contributed by atoms with Gasteiger partial charge in [0, 0.05) is 32.2 Å². The van der Waals surface area contributed by atoms with Gasteiger partial charge in [-0.25, -0.2) is 0 Å². The molecule has 1 saturated heterocycles. The van der Waals surface area contributed by atoms with Crippen molar-refractivity contribution >= 4 is 0 Å². The van der Waals surface area contributed by atoms with Crippen molar-refractivity contribution in [3.63, 3.8) is 0 Å². The van der Waals surface area contributed by atoms with E-state index in [2.05, 4.69) is 47.1 Å². The molecule has 0 unspecified atom stereocenters. The van der Waals surface area contributed by atoms with Crippen molar-refractivity contribution in [2.45, 2.75) is 32.4 Å². The number of likely N-dealkylation sites (N-methyl/N-ethyl adjacent to an activating group) is 1. The molecule has 0 spiro atoms. The molecule has 1 aliphatic rings. The van der Waals surface area contributed by atoms with Gasteiger partial charge in [-0.15, -0.1) is 0 Å². The fraction of sp³-hybridized carbons (Fsp3) is 0.625. The summed E-state index contributed by atoms with van der Waals surface area (Å²) in [6.45, 7) is 8.61. The molecule has 3 nitrogen and oxygen atoms in total. The van der Waals surface area contributed by atoms with Crippen LogP contribution in [0.3, 0.4) is 0 Å². The second-order valence-electron chi connectivity index (χ2n) is 5.43. The molecular formula is C16H27N3. The van der Waals surface area contributed by atoms with Crippen LogP contribution in [0.5, 0.6) is 0 Å². The third-order valence-electron chi connectivity index (χ3n) is 4.09. The minimum Gasteiger partial charge on any atom is -0.329 e. The number of likely N-dealkylation sites (tertiary alicyclic amines) is 1. The molecule has 0 aliphatic carbocycles. The molecule has 1 heterocycles. The molecule has 0 amide bonds. The first kappa shape index (κ1) is 14.5. The summed E-state index contributed by atoms with van der Waals surface area (Å²) in [7, 11) is 0. The van der Waals surface area contributed by atoms with Gasteiger partial charge in [0.2, 0.25) is 0 Å². The minimum atomic E-state index is 0.701. The number of nitrogens with two attached hydrogens (primary N) is 1. The minimum absolute atomic E-state index is 0.701. The predicted molar refractivity (Wildman–Crippen MR) is 81.0 cm³/mol. The maximum atomic E-state index is 5.68. The Bertz CT molecular complexity index is 352. The van der Waals surface area contributed by atoms with Crippen LogP contribution < -0.4 is 5.73 Å². The number of rotatable bonds is 7. The quantitative estimate of drug-likeness (QED) is 0.814. The molecule has 1 fully saturated rings. The Morgan fingerprint density at radius 3 is 2.79 bits per heavy atom. The zero-order valence-corrected chi connectivity index (χ0v) is 12.1. The molecule has 0 saturated carbocycles. The summed E-state index contributed by atoms with van der Waals surface area (Å²) in [5.74, 6) is 0. The Morgan fingerprint density at radius 2 is 2.11 bits per heavy atom. The van der Waals surface area contributed by atoms with Crippen molar-refractivity contribution in [3.05, 3.63) is 35.9 Å². The lowest BCUT2D eigenvalue weighted by Gasteiger charge is -2.30. The van der Waals surface area contributed by atoms with Crippen LogP contribution in [0, 0.1) is 0 Å². The van der Waals surface area contributed by atoms with Crippen LogP contribution in [0.25, 0.3) is 0 Å². The van der Waals surface area contributed by atoms with E-state index in [4.69, 9.17) is 5.73 Å². The van der Waals surface area contributed by atoms with Crippen molar-refractivity contribution in [1.29, 1.82) is 0 Å². The molecule has 19 heavy (non-hydrogen) atoms. The van der Waals surface area contributed by atoms with Crippen molar-refractivity contribution in [3.8, 4) is 0 Å². The van der Waals surface area contributed by atoms with Crippen LogP contribution in [-0.2, 0) is 6.54 Å². The van der Waals surface area contributed by atoms with Crippen molar-refractivity contribution < 1.29 is 0 Å². The van der Waals surface area contributed by atoms with Crippen LogP contribution in [0.1, 0.15) is 25.3 Å². The van der Waals surface area contributed by atoms with E-state index in [0.717, 1.165) is 26.2 Å². The SMILES string of the molecule is CCN(CCN)C[C@@H]1CCCN1Cc1ccccc1. The standard InChI is InChI=1S/C16H27N3/c1-2-18(12-10-17)14-16-9-6-11-19(16)13-15-7-4-3-5-8-15/h3-5,7-8,16H,2,6,9-14,17H2,1H3/t16-/m0/s1. The van der Waals surface area contributed by atoms with Crippen LogP contribution in [0.15, 0.2) is 30.3 Å². The lowest BCUT2D eigenvalue weighted by Crippen LogP contribution is -2.41. The molecule has 0 radical (unpaired) electrons. The third-order valence-corrected chi connectivity index (χ3v) is 4.09. The van der Waals surface area contributed by atoms with E-state index in [9.17, 15) is 0 Å². The molecule has 1 aliphatic heterocycles. The van der Waals surface area contributed by atoms with Crippen LogP contribution in [0.2, 0.25) is 0 Å². The molecule has 0 bridgehead atoms. The van der Waals surface area contributed by atoms with Crippen molar-refractivity contribution in [2.75, 3.05) is 32.7 Å². The third kappa shape index (κ3) is 4.30. The van der Waals surface area contributed by atoms with Gasteiger partial charge < -0.3 is 10.6 Å². The second-order valence-corrected chi connectivity index (χ2v) is 5.43. The molecule has 1 atom stereocenters. The van der Waals surface area contributed by atoms with Crippen LogP contribution >= 0.6 is 0 Å². The van der Waals surface area contributed by atoms with Crippen LogP contribution in [0.4, 0.5) is 0 Å². The smallest absolute Gasteiger partial charge is 0.0237 e. The van der Waals surface area contributed by atoms with Crippen LogP contribution in [-0.4, -0.2) is 48.6 Å². The Kier molecular flexibility index (Phi) is 5.83. The van der Waals surface area contributed by atoms with Crippen molar-refractivity contribution in [1.82, 2.24) is 9.80 Å². The first-order valence-corrected chi connectivity index (χ1v) is 7.54. The highest BCUT2D eigenvalue weighted by molar-refractivity contribution is 5.14. The summed E-state index contributed by atoms with van der Waals surface area (Å²) in [5.41, 5.74) is 7.11. The summed E-state index contributed by atoms with van der Waals surface area (Å²) in [4.78, 5) is 5.11. The summed E-state index contributed by atoms with van der Waals surface area (Å²) in [5, 5.41) is 0. The van der Waals surface area contributed by atoms with E-state index < -0.39 is 0 Å². The normalized spacial score (nSPS) is 20.3. The first-order chi connectivity index (χ1) is 9.33. The number of nitrogens with zero attached hydrogens (tertiary/aromatic N) is 2. The number of hydrogen-bond donors (Lipinski definition) is 1. The molecule has 3 heteroatoms. The van der Waals surface area contributed by atoms with Gasteiger partial charge in [-0.3, -0.25) is 4.90 Å². The summed E-state index contributed by atoms with van der Waals surface area (Å²) in [6, 6.07) is 11.5. The Hall–Kier alpha value is -0.900. The van der Waals surface area contributed by atoms with Gasteiger partial charge in [-0.2, -0.15) is 0 Å². The average molecular weight is 261 g/mol. The molecule has 2 rings (SSSR count). The summed E-state index contributed by atoms with van der Waals surface area (Å²) < 4.78 is 0. The van der Waals surface area contributed by atoms with E-state index in [-0.39, 0.29) is 0 Å². The van der Waals surface area contributed by atoms with E-state index in [0.29, 0.717) is 6.04 Å². The largest absolute Gasteiger partial charge is 0.329 e. The Morgan fingerprint density at radius 1 is 1.32 bits per heavy atom. The fourth-order valence-corrected chi connectivity index (χ4v) is 2.99. The fourth-order valence-electron chi connectivity index (χ4n) is 2.99. The Balaban J connectivity index is 1.89. The molecule has 1 aromatic carbocycles. The maximum absolute atomic E-state index is 5.68. The topological polar surface area (TPSA) is 32.5 Å². The monoisotopic (exact) mass is 261 g/mol. The van der Waals surface area contributed by atoms with E-state index in [1.54, 1.807) is 0 Å². The van der Waals surface area contributed by atoms with Gasteiger partial charge >= 0.3 is 0 Å². The second kappa shape index (κ2) is 7.63. The molecule has 106 valence electrons. The average Bonchev–Trinajstić information content (AvgIpc) is 2.86. The Labute approximate surface area is 117 Å². The predicted octanol–water partition coefficient (Wildman–Crippen LogP) is 1.93. The van der Waals surface area contributed by atoms with E-state index in [1.807, 2.05) is 0 Å². The highest BCUT2D eigenvalue weighted by atomic mass is 15.2. The number of benzene rings is 1. The highest BCUT2D eigenvalue weighted by Crippen LogP contribution is 2.20. The van der Waals surface area contributed by atoms with E-state index in [1.165, 1.54) is 31.5 Å². The van der Waals surface area contributed by atoms with Gasteiger partial charge in [0.1, 0.15) is 0 Å². The maximum Gasteiger partial charge on any atom is 0.0237 e. The molecule has 2 N–H and O–H groups in total. The first-order valence-electron chi connectivity index (χ1n) is 7.54. The molecule has 0 aromatic heterocycles. The van der Waals surface area contributed by atoms with E-state index >= 15 is 0 Å². The van der Waals surface area contributed by atoms with Gasteiger partial charge in [-0.05, 0) is 31.5 Å². The lowest BCUT2D eigenvalue weighted by atomic mass is 10.1. The molecular weight excluding hydrogens is 234 g/mol. The van der Waals surface area contributed by atoms with Gasteiger partial charge in [-0.1, -0.05) is 37.3 Å².